The Morgan fingerprint density at radius 2 is 2.40 bits per heavy atom. The Balaban J connectivity index is 3.00. The second-order valence-electron chi connectivity index (χ2n) is 3.61. The van der Waals surface area contributed by atoms with Crippen molar-refractivity contribution in [1.29, 1.82) is 0 Å². The van der Waals surface area contributed by atoms with Crippen LogP contribution in [-0.2, 0) is 22.1 Å². The molecule has 0 aliphatic carbocycles. The van der Waals surface area contributed by atoms with Gasteiger partial charge in [0.2, 0.25) is 10.0 Å². The van der Waals surface area contributed by atoms with Crippen molar-refractivity contribution < 1.29 is 30.4 Å². The summed E-state index contributed by atoms with van der Waals surface area (Å²) in [7, 11) is -4.52. The van der Waals surface area contributed by atoms with Gasteiger partial charge in [-0.3, -0.25) is 0 Å². The van der Waals surface area contributed by atoms with Crippen molar-refractivity contribution in [2.75, 3.05) is 27.5 Å². The van der Waals surface area contributed by atoms with Crippen LogP contribution in [0.25, 0.3) is 10.9 Å². The Bertz CT molecular complexity index is 1280. The molecule has 20 heavy (non-hydrogen) atoms. The standard InChI is InChI=1S/C14H21N3O2S/c1-15-20(18,19)10-11-4-5-14-13(8-11)12(9-16-14)6-7-17(2)3/h4-5,8-9,15-16H,6-7,10H2,1-3H3/i2D3,3D3,4D,5D,7D2,8D,9D,10D2/hD2. The molecular weight excluding hydrogens is 274 g/mol. The summed E-state index contributed by atoms with van der Waals surface area (Å²) < 4.78 is 150. The fourth-order valence-corrected chi connectivity index (χ4v) is 1.84. The number of aromatic nitrogens is 1. The minimum atomic E-state index is -5.18. The topological polar surface area (TPSA) is 65.2 Å². The number of nitrogens with zero attached hydrogens (tertiary/aromatic N) is 1. The van der Waals surface area contributed by atoms with Gasteiger partial charge in [-0.1, -0.05) is 6.04 Å². The van der Waals surface area contributed by atoms with Crippen LogP contribution in [0.5, 0.6) is 0 Å². The van der Waals surface area contributed by atoms with E-state index in [4.69, 9.17) is 22.0 Å². The molecule has 0 saturated heterocycles. The number of aryl methyl sites for hydroxylation is 1. The zero-order chi connectivity index (χ0) is 28.6. The highest BCUT2D eigenvalue weighted by molar-refractivity contribution is 7.88. The summed E-state index contributed by atoms with van der Waals surface area (Å²) in [6.45, 7) is -10.3. The van der Waals surface area contributed by atoms with E-state index in [0.717, 1.165) is 0 Å². The molecule has 0 unspecified atom stereocenters. The number of likely N-dealkylation sites (N-methyl/N-ethyl adjacent to an activating group) is 1. The first-order valence-electron chi connectivity index (χ1n) is 13.1. The molecular formula is C14H21N3O2S. The number of hydrogen-bond acceptors (Lipinski definition) is 3. The quantitative estimate of drug-likeness (QED) is 0.845. The van der Waals surface area contributed by atoms with E-state index in [1.165, 1.54) is 0 Å². The van der Waals surface area contributed by atoms with Crippen LogP contribution < -0.4 is 4.72 Å². The van der Waals surface area contributed by atoms with Gasteiger partial charge in [0.25, 0.3) is 0 Å². The van der Waals surface area contributed by atoms with Gasteiger partial charge in [0.15, 0.2) is 1.41 Å². The maximum absolute atomic E-state index is 12.5. The molecule has 0 radical (unpaired) electrons. The van der Waals surface area contributed by atoms with Crippen molar-refractivity contribution in [3.63, 3.8) is 0 Å². The molecule has 1 aromatic carbocycles. The van der Waals surface area contributed by atoms with Crippen molar-refractivity contribution in [2.24, 2.45) is 0 Å². The van der Waals surface area contributed by atoms with Crippen LogP contribution in [0.1, 0.15) is 30.3 Å². The number of hydrogen-bond donors (Lipinski definition) is 2. The Morgan fingerprint density at radius 1 is 1.60 bits per heavy atom. The summed E-state index contributed by atoms with van der Waals surface area (Å²) in [6.07, 6.45) is -2.18. The lowest BCUT2D eigenvalue weighted by Crippen LogP contribution is -2.20. The number of benzene rings is 1. The van der Waals surface area contributed by atoms with Gasteiger partial charge in [0.1, 0.15) is 1.41 Å². The molecule has 0 amide bonds. The van der Waals surface area contributed by atoms with Crippen molar-refractivity contribution in [3.05, 3.63) is 35.4 Å². The highest BCUT2D eigenvalue weighted by Gasteiger charge is 2.11. The van der Waals surface area contributed by atoms with Crippen LogP contribution in [0.4, 0.5) is 0 Å². The normalized spacial score (nSPS) is 26.9. The van der Waals surface area contributed by atoms with Crippen LogP contribution in [0.3, 0.4) is 0 Å². The monoisotopic (exact) mass is 311 g/mol. The minimum absolute atomic E-state index is 0.193. The molecule has 0 atom stereocenters. The van der Waals surface area contributed by atoms with Gasteiger partial charge >= 0.3 is 0 Å². The lowest BCUT2D eigenvalue weighted by Gasteiger charge is -2.08. The van der Waals surface area contributed by atoms with E-state index in [0.29, 0.717) is 7.05 Å². The largest absolute Gasteiger partial charge is 0.361 e. The van der Waals surface area contributed by atoms with E-state index in [9.17, 15) is 8.42 Å². The maximum Gasteiger partial charge on any atom is 0.215 e. The molecule has 1 heterocycles. The highest BCUT2D eigenvalue weighted by Crippen LogP contribution is 2.21. The van der Waals surface area contributed by atoms with Crippen LogP contribution in [0.2, 0.25) is 2.82 Å². The third kappa shape index (κ3) is 3.59. The number of aromatic amines is 1. The van der Waals surface area contributed by atoms with Gasteiger partial charge in [0.05, 0.1) is 11.2 Å². The van der Waals surface area contributed by atoms with Crippen LogP contribution in [0.15, 0.2) is 24.3 Å². The Hall–Kier alpha value is -1.37. The van der Waals surface area contributed by atoms with Crippen LogP contribution >= 0.6 is 0 Å². The number of nitrogens with one attached hydrogen (secondary N) is 2. The molecule has 0 saturated carbocycles. The number of rotatable bonds is 6. The molecule has 0 aliphatic rings. The lowest BCUT2D eigenvalue weighted by molar-refractivity contribution is 0.414. The summed E-state index contributed by atoms with van der Waals surface area (Å²) in [5.74, 6) is 0. The van der Waals surface area contributed by atoms with E-state index in [1.54, 1.807) is 0 Å². The third-order valence-corrected chi connectivity index (χ3v) is 3.23. The van der Waals surface area contributed by atoms with Crippen molar-refractivity contribution >= 4 is 20.9 Å². The first-order chi connectivity index (χ1) is 15.8. The molecule has 0 spiro atoms. The SMILES string of the molecule is [2H]c1c(C([2H])([2H])S(=O)(=O)N([2H])C)c([2H])c2c(CC([2H])([2H])N(C([2H])([2H])[2H])C([2H])([2H])[2H])c([2H])n([2H])c2c1[2H]. The molecule has 2 N–H and O–H groups in total. The second-order valence-corrected chi connectivity index (χ2v) is 5.13. The van der Waals surface area contributed by atoms with E-state index >= 15 is 0 Å². The highest BCUT2D eigenvalue weighted by atomic mass is 32.2. The van der Waals surface area contributed by atoms with Crippen LogP contribution in [0, 0.1) is 0 Å². The average molecular weight is 312 g/mol. The Labute approximate surface area is 142 Å². The van der Waals surface area contributed by atoms with E-state index in [-0.39, 0.29) is 9.69 Å². The molecule has 0 aliphatic heterocycles. The number of fused-ring (bicyclic) bond motifs is 1. The van der Waals surface area contributed by atoms with E-state index < -0.39 is 93.8 Å². The molecule has 5 nitrogen and oxygen atoms in total. The van der Waals surface area contributed by atoms with E-state index in [2.05, 4.69) is 0 Å². The Kier molecular flexibility index (Phi) is 1.36. The molecule has 110 valence electrons. The second kappa shape index (κ2) is 5.95. The molecule has 6 heteroatoms. The zero-order valence-corrected chi connectivity index (χ0v) is 11.1. The van der Waals surface area contributed by atoms with Gasteiger partial charge in [0, 0.05) is 37.3 Å². The van der Waals surface area contributed by atoms with Gasteiger partial charge in [-0.2, -0.15) is 0 Å². The van der Waals surface area contributed by atoms with Gasteiger partial charge in [-0.15, -0.1) is 0 Å². The van der Waals surface area contributed by atoms with Gasteiger partial charge in [-0.05, 0) is 50.6 Å². The first kappa shape index (κ1) is 4.56. The van der Waals surface area contributed by atoms with Gasteiger partial charge in [-0.25, -0.2) is 13.1 Å². The summed E-state index contributed by atoms with van der Waals surface area (Å²) in [6, 6.07) is -3.27. The molecule has 0 bridgehead atoms. The minimum Gasteiger partial charge on any atom is -0.361 e. The van der Waals surface area contributed by atoms with Crippen molar-refractivity contribution in [2.45, 2.75) is 12.1 Å². The maximum atomic E-state index is 12.5. The molecule has 0 fully saturated rings. The van der Waals surface area contributed by atoms with Gasteiger partial charge < -0.3 is 9.88 Å². The zero-order valence-electron chi connectivity index (χ0n) is 26.3. The summed E-state index contributed by atoms with van der Waals surface area (Å²) in [5.41, 5.74) is -6.22. The number of sulfonamides is 1. The average Bonchev–Trinajstić information content (AvgIpc) is 2.87. The lowest BCUT2D eigenvalue weighted by atomic mass is 10.1. The first-order valence-corrected chi connectivity index (χ1v) is 6.68. The predicted molar refractivity (Wildman–Crippen MR) is 82.2 cm³/mol. The Morgan fingerprint density at radius 3 is 3.10 bits per heavy atom. The molecule has 1 aromatic heterocycles. The third-order valence-electron chi connectivity index (χ3n) is 2.28. The summed E-state index contributed by atoms with van der Waals surface area (Å²) in [4.78, 5) is -0.234. The molecule has 2 aromatic rings. The smallest absolute Gasteiger partial charge is 0.215 e. The summed E-state index contributed by atoms with van der Waals surface area (Å²) in [5, 5.41) is -0.711. The molecule has 2 rings (SSSR count). The van der Waals surface area contributed by atoms with Crippen molar-refractivity contribution in [3.8, 4) is 0 Å². The number of H-pyrrole nitrogens is 1. The van der Waals surface area contributed by atoms with E-state index in [1.807, 2.05) is 0 Å². The summed E-state index contributed by atoms with van der Waals surface area (Å²) >= 11 is 0. The predicted octanol–water partition coefficient (Wildman–Crippen LogP) is 1.32. The van der Waals surface area contributed by atoms with Crippen LogP contribution in [-0.4, -0.2) is 45.8 Å². The fourth-order valence-electron chi connectivity index (χ4n) is 1.39. The fraction of sp³-hybridized carbons (Fsp3) is 0.429. The van der Waals surface area contributed by atoms with Crippen molar-refractivity contribution in [1.82, 2.24) is 14.6 Å².